The number of aromatic nitrogens is 2. The highest BCUT2D eigenvalue weighted by molar-refractivity contribution is 5.92. The van der Waals surface area contributed by atoms with Gasteiger partial charge in [-0.25, -0.2) is 4.98 Å². The van der Waals surface area contributed by atoms with E-state index in [1.807, 2.05) is 52.8 Å². The average molecular weight is 464 g/mol. The van der Waals surface area contributed by atoms with Crippen LogP contribution in [0.3, 0.4) is 0 Å². The Morgan fingerprint density at radius 1 is 1.29 bits per heavy atom. The summed E-state index contributed by atoms with van der Waals surface area (Å²) in [5.41, 5.74) is 3.08. The molecule has 1 aromatic carbocycles. The molecule has 34 heavy (non-hydrogen) atoms. The second-order valence-electron chi connectivity index (χ2n) is 7.24. The zero-order valence-electron chi connectivity index (χ0n) is 21.7. The van der Waals surface area contributed by atoms with E-state index >= 15 is 0 Å². The van der Waals surface area contributed by atoms with Crippen molar-refractivity contribution >= 4 is 29.3 Å². The number of aliphatic imine (C=N–C) groups is 1. The lowest BCUT2D eigenvalue weighted by atomic mass is 10.1. The van der Waals surface area contributed by atoms with Crippen LogP contribution in [-0.2, 0) is 4.74 Å². The zero-order valence-corrected chi connectivity index (χ0v) is 21.7. The molecular formula is C27H37N5O2. The Kier molecular flexibility index (Phi) is 11.9. The molecule has 0 aliphatic heterocycles. The number of imidazole rings is 1. The van der Waals surface area contributed by atoms with Crippen molar-refractivity contribution in [1.29, 1.82) is 5.26 Å². The highest BCUT2D eigenvalue weighted by Crippen LogP contribution is 2.22. The van der Waals surface area contributed by atoms with Crippen LogP contribution in [0, 0.1) is 11.3 Å². The summed E-state index contributed by atoms with van der Waals surface area (Å²) in [4.78, 5) is 12.6. The fourth-order valence-electron chi connectivity index (χ4n) is 3.08. The van der Waals surface area contributed by atoms with Gasteiger partial charge in [-0.15, -0.1) is 0 Å². The van der Waals surface area contributed by atoms with E-state index in [4.69, 9.17) is 14.5 Å². The number of benzene rings is 1. The SMILES string of the molecule is C=C(C)/C=c1/[nH]c(/N=C(\CCC)N/C(=C\C)c2ccc(OC)c(C#N)c2)n/c1=C(/C)OC.CC. The lowest BCUT2D eigenvalue weighted by Gasteiger charge is -2.14. The third-order valence-electron chi connectivity index (χ3n) is 4.68. The first kappa shape index (κ1) is 28.2. The number of ether oxygens (including phenoxy) is 2. The molecule has 1 aromatic heterocycles. The third-order valence-corrected chi connectivity index (χ3v) is 4.68. The van der Waals surface area contributed by atoms with Crippen LogP contribution in [0.25, 0.3) is 17.5 Å². The summed E-state index contributed by atoms with van der Waals surface area (Å²) in [6.45, 7) is 15.7. The number of hydrogen-bond acceptors (Lipinski definition) is 5. The van der Waals surface area contributed by atoms with Gasteiger partial charge in [0.15, 0.2) is 0 Å². The van der Waals surface area contributed by atoms with E-state index < -0.39 is 0 Å². The van der Waals surface area contributed by atoms with Gasteiger partial charge in [0.2, 0.25) is 5.95 Å². The smallest absolute Gasteiger partial charge is 0.229 e. The van der Waals surface area contributed by atoms with Gasteiger partial charge < -0.3 is 19.8 Å². The molecule has 0 saturated carbocycles. The van der Waals surface area contributed by atoms with Gasteiger partial charge >= 0.3 is 0 Å². The highest BCUT2D eigenvalue weighted by atomic mass is 16.5. The van der Waals surface area contributed by atoms with Crippen LogP contribution >= 0.6 is 0 Å². The Labute approximate surface area is 203 Å². The Bertz CT molecular complexity index is 1200. The van der Waals surface area contributed by atoms with Gasteiger partial charge in [-0.3, -0.25) is 0 Å². The highest BCUT2D eigenvalue weighted by Gasteiger charge is 2.10. The number of amidine groups is 1. The molecule has 182 valence electrons. The van der Waals surface area contributed by atoms with Gasteiger partial charge in [-0.05, 0) is 57.0 Å². The number of allylic oxidation sites excluding steroid dienone is 2. The number of aromatic amines is 1. The Morgan fingerprint density at radius 2 is 2.00 bits per heavy atom. The molecule has 0 aliphatic rings. The van der Waals surface area contributed by atoms with Crippen LogP contribution in [0.2, 0.25) is 0 Å². The molecule has 2 rings (SSSR count). The molecule has 0 radical (unpaired) electrons. The second-order valence-corrected chi connectivity index (χ2v) is 7.24. The summed E-state index contributed by atoms with van der Waals surface area (Å²) in [7, 11) is 3.17. The minimum absolute atomic E-state index is 0.473. The molecule has 7 nitrogen and oxygen atoms in total. The molecule has 0 bridgehead atoms. The maximum atomic E-state index is 9.42. The number of H-pyrrole nitrogens is 1. The summed E-state index contributed by atoms with van der Waals surface area (Å²) in [6, 6.07) is 7.67. The second kappa shape index (κ2) is 14.4. The molecule has 7 heteroatoms. The molecule has 0 amide bonds. The van der Waals surface area contributed by atoms with Crippen molar-refractivity contribution in [2.45, 2.75) is 54.4 Å². The van der Waals surface area contributed by atoms with Crippen LogP contribution in [0.15, 0.2) is 41.4 Å². The van der Waals surface area contributed by atoms with Gasteiger partial charge in [0.25, 0.3) is 0 Å². The van der Waals surface area contributed by atoms with E-state index in [-0.39, 0.29) is 0 Å². The summed E-state index contributed by atoms with van der Waals surface area (Å²) in [5, 5.41) is 14.3. The Morgan fingerprint density at radius 3 is 2.53 bits per heavy atom. The van der Waals surface area contributed by atoms with Crippen molar-refractivity contribution in [2.75, 3.05) is 14.2 Å². The summed E-state index contributed by atoms with van der Waals surface area (Å²) in [6.07, 6.45) is 5.48. The van der Waals surface area contributed by atoms with Gasteiger partial charge in [0, 0.05) is 12.1 Å². The molecule has 0 saturated heterocycles. The minimum atomic E-state index is 0.473. The van der Waals surface area contributed by atoms with E-state index in [0.717, 1.165) is 40.9 Å². The van der Waals surface area contributed by atoms with E-state index in [1.54, 1.807) is 26.4 Å². The maximum Gasteiger partial charge on any atom is 0.229 e. The maximum absolute atomic E-state index is 9.42. The summed E-state index contributed by atoms with van der Waals surface area (Å²) >= 11 is 0. The van der Waals surface area contributed by atoms with Gasteiger partial charge in [0.05, 0.1) is 25.1 Å². The molecule has 0 aliphatic carbocycles. The lowest BCUT2D eigenvalue weighted by molar-refractivity contribution is 0.359. The molecule has 2 aromatic rings. The molecule has 0 atom stereocenters. The van der Waals surface area contributed by atoms with E-state index in [1.165, 1.54) is 0 Å². The number of nitrogens with one attached hydrogen (secondary N) is 2. The van der Waals surface area contributed by atoms with Crippen LogP contribution in [-0.4, -0.2) is 30.0 Å². The van der Waals surface area contributed by atoms with Gasteiger partial charge in [-0.1, -0.05) is 39.0 Å². The van der Waals surface area contributed by atoms with E-state index in [0.29, 0.717) is 28.4 Å². The van der Waals surface area contributed by atoms with Crippen LogP contribution in [0.5, 0.6) is 5.75 Å². The standard InChI is InChI=1S/C25H31N5O2.C2H6/c1-8-10-23(27-20(9-2)18-11-12-22(32-7)19(14-18)15-26)29-25-28-21(13-16(3)4)24(30-25)17(5)31-6;1-2/h9,11-14H,3,8,10H2,1-2,4-7H3,(H2,27,28,29,30);1-2H3/b20-9-,21-13+,24-17-;. The predicted molar refractivity (Wildman–Crippen MR) is 141 cm³/mol. The molecule has 0 spiro atoms. The van der Waals surface area contributed by atoms with Crippen molar-refractivity contribution < 1.29 is 9.47 Å². The van der Waals surface area contributed by atoms with Gasteiger partial charge in [-0.2, -0.15) is 10.3 Å². The summed E-state index contributed by atoms with van der Waals surface area (Å²) < 4.78 is 10.6. The van der Waals surface area contributed by atoms with Crippen LogP contribution in [0.4, 0.5) is 5.95 Å². The first-order valence-electron chi connectivity index (χ1n) is 11.4. The molecular weight excluding hydrogens is 426 g/mol. The number of rotatable bonds is 8. The molecule has 0 fully saturated rings. The van der Waals surface area contributed by atoms with Crippen molar-refractivity contribution in [2.24, 2.45) is 4.99 Å². The van der Waals surface area contributed by atoms with Crippen molar-refractivity contribution in [3.05, 3.63) is 58.3 Å². The number of hydrogen-bond donors (Lipinski definition) is 2. The Balaban J connectivity index is 0.00000281. The minimum Gasteiger partial charge on any atom is -0.499 e. The van der Waals surface area contributed by atoms with Crippen LogP contribution in [0.1, 0.15) is 65.5 Å². The monoisotopic (exact) mass is 463 g/mol. The summed E-state index contributed by atoms with van der Waals surface area (Å²) in [5.74, 6) is 2.47. The number of nitriles is 1. The zero-order chi connectivity index (χ0) is 25.7. The topological polar surface area (TPSA) is 95.3 Å². The number of methoxy groups -OCH3 is 2. The van der Waals surface area contributed by atoms with Crippen LogP contribution < -0.4 is 20.8 Å². The molecule has 1 heterocycles. The Hall–Kier alpha value is -3.79. The molecule has 0 unspecified atom stereocenters. The third kappa shape index (κ3) is 7.66. The van der Waals surface area contributed by atoms with Crippen molar-refractivity contribution in [3.8, 4) is 11.8 Å². The quantitative estimate of drug-likeness (QED) is 0.428. The van der Waals surface area contributed by atoms with E-state index in [2.05, 4.69) is 34.9 Å². The van der Waals surface area contributed by atoms with E-state index in [9.17, 15) is 5.26 Å². The van der Waals surface area contributed by atoms with Gasteiger partial charge in [0.1, 0.15) is 28.8 Å². The first-order chi connectivity index (χ1) is 16.4. The fraction of sp³-hybridized carbons (Fsp3) is 0.370. The molecule has 2 N–H and O–H groups in total. The number of nitrogens with zero attached hydrogens (tertiary/aromatic N) is 3. The first-order valence-corrected chi connectivity index (χ1v) is 11.4. The van der Waals surface area contributed by atoms with Crippen molar-refractivity contribution in [3.63, 3.8) is 0 Å². The predicted octanol–water partition coefficient (Wildman–Crippen LogP) is 4.93. The largest absolute Gasteiger partial charge is 0.499 e. The average Bonchev–Trinajstić information content (AvgIpc) is 3.23. The normalized spacial score (nSPS) is 12.9. The lowest BCUT2D eigenvalue weighted by Crippen LogP contribution is -2.27. The van der Waals surface area contributed by atoms with Crippen molar-refractivity contribution in [1.82, 2.24) is 15.3 Å². The fourth-order valence-corrected chi connectivity index (χ4v) is 3.08.